The maximum Gasteiger partial charge on any atom is 0.313 e. The van der Waals surface area contributed by atoms with Crippen LogP contribution in [-0.2, 0) is 22.7 Å². The van der Waals surface area contributed by atoms with Gasteiger partial charge in [0.05, 0.1) is 11.4 Å². The summed E-state index contributed by atoms with van der Waals surface area (Å²) in [4.78, 5) is 33.0. The molecule has 1 N–H and O–H groups in total. The number of carbonyl (C=O) groups is 2. The Kier molecular flexibility index (Phi) is 8.82. The van der Waals surface area contributed by atoms with Gasteiger partial charge in [0.2, 0.25) is 0 Å². The molecule has 0 aromatic heterocycles. The highest BCUT2D eigenvalue weighted by molar-refractivity contribution is 9.10. The third-order valence-electron chi connectivity index (χ3n) is 6.33. The average Bonchev–Trinajstić information content (AvgIpc) is 2.86. The molecule has 1 unspecified atom stereocenters. The molecule has 1 aliphatic rings. The summed E-state index contributed by atoms with van der Waals surface area (Å²) in [7, 11) is 2.11. The van der Waals surface area contributed by atoms with E-state index in [0.29, 0.717) is 18.8 Å². The predicted molar refractivity (Wildman–Crippen MR) is 152 cm³/mol. The van der Waals surface area contributed by atoms with Crippen molar-refractivity contribution in [2.24, 2.45) is 0 Å². The van der Waals surface area contributed by atoms with Crippen molar-refractivity contribution in [3.05, 3.63) is 92.9 Å². The molecular formula is C28H30Br2N4O2. The topological polar surface area (TPSA) is 55.9 Å². The monoisotopic (exact) mass is 612 g/mol. The molecule has 1 aliphatic heterocycles. The molecule has 1 heterocycles. The highest BCUT2D eigenvalue weighted by atomic mass is 79.9. The van der Waals surface area contributed by atoms with Crippen LogP contribution in [-0.4, -0.2) is 54.3 Å². The molecule has 1 atom stereocenters. The van der Waals surface area contributed by atoms with E-state index in [1.165, 1.54) is 0 Å². The van der Waals surface area contributed by atoms with Gasteiger partial charge in [-0.05, 0) is 55.4 Å². The van der Waals surface area contributed by atoms with Gasteiger partial charge >= 0.3 is 11.8 Å². The van der Waals surface area contributed by atoms with E-state index in [4.69, 9.17) is 0 Å². The highest BCUT2D eigenvalue weighted by Gasteiger charge is 2.27. The van der Waals surface area contributed by atoms with Gasteiger partial charge < -0.3 is 20.0 Å². The lowest BCUT2D eigenvalue weighted by Crippen LogP contribution is -2.50. The van der Waals surface area contributed by atoms with Gasteiger partial charge in [0.1, 0.15) is 0 Å². The van der Waals surface area contributed by atoms with E-state index in [1.807, 2.05) is 72.8 Å². The summed E-state index contributed by atoms with van der Waals surface area (Å²) < 4.78 is 1.80. The minimum atomic E-state index is -0.649. The molecule has 4 rings (SSSR count). The number of halogens is 2. The smallest absolute Gasteiger partial charge is 0.313 e. The molecule has 8 heteroatoms. The maximum atomic E-state index is 13.5. The van der Waals surface area contributed by atoms with Crippen LogP contribution in [0.15, 0.2) is 81.7 Å². The SMILES string of the molecule is CC1CN(C)CCN1c1ccc(Br)cc1NC(=O)C(=O)N(Cc1ccccc1)Cc1ccc(Br)cc1. The molecule has 1 saturated heterocycles. The number of amides is 2. The Morgan fingerprint density at radius 1 is 0.917 bits per heavy atom. The number of rotatable bonds is 6. The van der Waals surface area contributed by atoms with Crippen molar-refractivity contribution in [3.8, 4) is 0 Å². The molecule has 3 aromatic rings. The lowest BCUT2D eigenvalue weighted by Gasteiger charge is -2.40. The van der Waals surface area contributed by atoms with Crippen LogP contribution in [0.1, 0.15) is 18.1 Å². The fraction of sp³-hybridized carbons (Fsp3) is 0.286. The van der Waals surface area contributed by atoms with E-state index in [-0.39, 0.29) is 6.04 Å². The first-order valence-corrected chi connectivity index (χ1v) is 13.5. The van der Waals surface area contributed by atoms with Crippen molar-refractivity contribution >= 4 is 55.0 Å². The summed E-state index contributed by atoms with van der Waals surface area (Å²) in [5.41, 5.74) is 3.46. The van der Waals surface area contributed by atoms with E-state index in [2.05, 4.69) is 60.9 Å². The zero-order chi connectivity index (χ0) is 25.7. The van der Waals surface area contributed by atoms with Crippen LogP contribution in [0.4, 0.5) is 11.4 Å². The summed E-state index contributed by atoms with van der Waals surface area (Å²) in [5, 5.41) is 2.92. The second-order valence-electron chi connectivity index (χ2n) is 9.19. The van der Waals surface area contributed by atoms with Crippen molar-refractivity contribution < 1.29 is 9.59 Å². The second-order valence-corrected chi connectivity index (χ2v) is 11.0. The molecular weight excluding hydrogens is 584 g/mol. The van der Waals surface area contributed by atoms with Gasteiger partial charge in [0, 0.05) is 47.7 Å². The molecule has 36 heavy (non-hydrogen) atoms. The van der Waals surface area contributed by atoms with Crippen LogP contribution < -0.4 is 10.2 Å². The Balaban J connectivity index is 1.56. The maximum absolute atomic E-state index is 13.5. The van der Waals surface area contributed by atoms with Gasteiger partial charge in [-0.15, -0.1) is 0 Å². The van der Waals surface area contributed by atoms with Crippen LogP contribution in [0, 0.1) is 0 Å². The Morgan fingerprint density at radius 3 is 2.22 bits per heavy atom. The minimum Gasteiger partial charge on any atom is -0.365 e. The van der Waals surface area contributed by atoms with E-state index in [1.54, 1.807) is 4.90 Å². The van der Waals surface area contributed by atoms with Crippen LogP contribution in [0.2, 0.25) is 0 Å². The Hall–Kier alpha value is -2.68. The molecule has 3 aromatic carbocycles. The van der Waals surface area contributed by atoms with Gasteiger partial charge in [0.25, 0.3) is 0 Å². The van der Waals surface area contributed by atoms with Crippen LogP contribution >= 0.6 is 31.9 Å². The number of nitrogens with zero attached hydrogens (tertiary/aromatic N) is 3. The first kappa shape index (κ1) is 26.4. The molecule has 0 radical (unpaired) electrons. The summed E-state index contributed by atoms with van der Waals surface area (Å²) >= 11 is 6.97. The first-order valence-electron chi connectivity index (χ1n) is 11.9. The number of nitrogens with one attached hydrogen (secondary N) is 1. The van der Waals surface area contributed by atoms with Crippen LogP contribution in [0.5, 0.6) is 0 Å². The first-order chi connectivity index (χ1) is 17.3. The van der Waals surface area contributed by atoms with Crippen LogP contribution in [0.25, 0.3) is 0 Å². The van der Waals surface area contributed by atoms with Gasteiger partial charge in [-0.25, -0.2) is 0 Å². The molecule has 0 aliphatic carbocycles. The van der Waals surface area contributed by atoms with Gasteiger partial charge in [-0.3, -0.25) is 9.59 Å². The van der Waals surface area contributed by atoms with Crippen molar-refractivity contribution in [1.82, 2.24) is 9.80 Å². The Labute approximate surface area is 229 Å². The van der Waals surface area contributed by atoms with E-state index >= 15 is 0 Å². The normalized spacial score (nSPS) is 16.0. The van der Waals surface area contributed by atoms with E-state index in [0.717, 1.165) is 45.4 Å². The lowest BCUT2D eigenvalue weighted by atomic mass is 10.1. The van der Waals surface area contributed by atoms with Crippen molar-refractivity contribution in [2.75, 3.05) is 36.9 Å². The minimum absolute atomic E-state index is 0.281. The molecule has 0 spiro atoms. The quantitative estimate of drug-likeness (QED) is 0.372. The summed E-state index contributed by atoms with van der Waals surface area (Å²) in [6.45, 7) is 5.55. The van der Waals surface area contributed by atoms with Gasteiger partial charge in [0.15, 0.2) is 0 Å². The molecule has 1 fully saturated rings. The number of benzene rings is 3. The number of hydrogen-bond acceptors (Lipinski definition) is 4. The standard InChI is InChI=1S/C28H30Br2N4O2/c1-20-17-32(2)14-15-34(20)26-13-12-24(30)16-25(26)31-27(35)28(36)33(18-21-6-4-3-5-7-21)19-22-8-10-23(29)11-9-22/h3-13,16,20H,14-15,17-19H2,1-2H3,(H,31,35). The van der Waals surface area contributed by atoms with Gasteiger partial charge in [-0.1, -0.05) is 74.3 Å². The zero-order valence-electron chi connectivity index (χ0n) is 20.5. The van der Waals surface area contributed by atoms with Crippen molar-refractivity contribution in [2.45, 2.75) is 26.1 Å². The number of hydrogen-bond donors (Lipinski definition) is 1. The predicted octanol–water partition coefficient (Wildman–Crippen LogP) is 5.52. The Bertz CT molecular complexity index is 1200. The molecule has 2 amide bonds. The summed E-state index contributed by atoms with van der Waals surface area (Å²) in [6.07, 6.45) is 0. The van der Waals surface area contributed by atoms with E-state index < -0.39 is 11.8 Å². The highest BCUT2D eigenvalue weighted by Crippen LogP contribution is 2.32. The third kappa shape index (κ3) is 6.75. The summed E-state index contributed by atoms with van der Waals surface area (Å²) in [5.74, 6) is -1.22. The fourth-order valence-corrected chi connectivity index (χ4v) is 5.11. The fourth-order valence-electron chi connectivity index (χ4n) is 4.49. The lowest BCUT2D eigenvalue weighted by molar-refractivity contribution is -0.144. The molecule has 6 nitrogen and oxygen atoms in total. The molecule has 188 valence electrons. The molecule has 0 bridgehead atoms. The number of piperazine rings is 1. The van der Waals surface area contributed by atoms with Crippen molar-refractivity contribution in [1.29, 1.82) is 0 Å². The largest absolute Gasteiger partial charge is 0.365 e. The Morgan fingerprint density at radius 2 is 1.56 bits per heavy atom. The number of carbonyl (C=O) groups excluding carboxylic acids is 2. The van der Waals surface area contributed by atoms with Gasteiger partial charge in [-0.2, -0.15) is 0 Å². The average molecular weight is 614 g/mol. The number of anilines is 2. The summed E-state index contributed by atoms with van der Waals surface area (Å²) in [6, 6.07) is 23.6. The second kappa shape index (κ2) is 12.0. The third-order valence-corrected chi connectivity index (χ3v) is 7.35. The molecule has 0 saturated carbocycles. The number of likely N-dealkylation sites (N-methyl/N-ethyl adjacent to an activating group) is 1. The van der Waals surface area contributed by atoms with Crippen LogP contribution in [0.3, 0.4) is 0 Å². The van der Waals surface area contributed by atoms with Crippen molar-refractivity contribution in [3.63, 3.8) is 0 Å². The van der Waals surface area contributed by atoms with E-state index in [9.17, 15) is 9.59 Å². The zero-order valence-corrected chi connectivity index (χ0v) is 23.6.